The van der Waals surface area contributed by atoms with E-state index >= 15 is 0 Å². The molecule has 0 spiro atoms. The van der Waals surface area contributed by atoms with Gasteiger partial charge in [-0.3, -0.25) is 15.1 Å². The highest BCUT2D eigenvalue weighted by Gasteiger charge is 2.31. The van der Waals surface area contributed by atoms with Crippen LogP contribution in [0.1, 0.15) is 27.9 Å². The van der Waals surface area contributed by atoms with Gasteiger partial charge in [0.25, 0.3) is 5.91 Å². The summed E-state index contributed by atoms with van der Waals surface area (Å²) in [6.45, 7) is 0.617. The second-order valence-corrected chi connectivity index (χ2v) is 5.95. The van der Waals surface area contributed by atoms with E-state index in [-0.39, 0.29) is 18.2 Å². The van der Waals surface area contributed by atoms with Crippen molar-refractivity contribution < 1.29 is 27.9 Å². The number of hydrogen-bond acceptors (Lipinski definition) is 4. The van der Waals surface area contributed by atoms with Gasteiger partial charge in [0.1, 0.15) is 5.75 Å². The zero-order chi connectivity index (χ0) is 18.7. The Morgan fingerprint density at radius 3 is 2.81 bits per heavy atom. The summed E-state index contributed by atoms with van der Waals surface area (Å²) < 4.78 is 40.6. The first kappa shape index (κ1) is 18.1. The number of hydroxylamine groups is 1. The predicted octanol–water partition coefficient (Wildman–Crippen LogP) is 3.66. The molecule has 1 aliphatic rings. The zero-order valence-corrected chi connectivity index (χ0v) is 13.7. The van der Waals surface area contributed by atoms with Crippen molar-refractivity contribution in [2.75, 3.05) is 11.6 Å². The van der Waals surface area contributed by atoms with Gasteiger partial charge in [-0.1, -0.05) is 12.1 Å². The van der Waals surface area contributed by atoms with Crippen molar-refractivity contribution in [1.29, 1.82) is 0 Å². The molecule has 0 atom stereocenters. The quantitative estimate of drug-likeness (QED) is 0.867. The summed E-state index contributed by atoms with van der Waals surface area (Å²) in [6.07, 6.45) is -3.20. The molecule has 1 aliphatic heterocycles. The minimum Gasteiger partial charge on any atom is -0.406 e. The van der Waals surface area contributed by atoms with Gasteiger partial charge in [0.15, 0.2) is 0 Å². The smallest absolute Gasteiger partial charge is 0.406 e. The molecule has 26 heavy (non-hydrogen) atoms. The summed E-state index contributed by atoms with van der Waals surface area (Å²) in [6, 6.07) is 10.5. The Balaban J connectivity index is 1.65. The van der Waals surface area contributed by atoms with Crippen LogP contribution in [-0.2, 0) is 13.0 Å². The molecule has 2 aromatic rings. The van der Waals surface area contributed by atoms with Crippen molar-refractivity contribution in [3.63, 3.8) is 0 Å². The average molecular weight is 366 g/mol. The monoisotopic (exact) mass is 366 g/mol. The molecule has 0 saturated carbocycles. The maximum absolute atomic E-state index is 12.3. The standard InChI is InChI=1S/C18H17F3N2O3/c19-18(20,21)26-15-5-1-3-12(9-15)11-22-17(24)14-6-7-16-13(10-14)4-2-8-23(16)25/h1,3,5-7,9-10,25H,2,4,8,11H2,(H,22,24). The van der Waals surface area contributed by atoms with Crippen LogP contribution in [0.25, 0.3) is 0 Å². The zero-order valence-electron chi connectivity index (χ0n) is 13.7. The molecule has 2 aromatic carbocycles. The van der Waals surface area contributed by atoms with Gasteiger partial charge >= 0.3 is 6.36 Å². The fraction of sp³-hybridized carbons (Fsp3) is 0.278. The van der Waals surface area contributed by atoms with E-state index in [1.807, 2.05) is 0 Å². The van der Waals surface area contributed by atoms with Gasteiger partial charge in [-0.15, -0.1) is 13.2 Å². The molecule has 0 fully saturated rings. The molecule has 138 valence electrons. The fourth-order valence-corrected chi connectivity index (χ4v) is 2.86. The van der Waals surface area contributed by atoms with E-state index in [1.165, 1.54) is 18.2 Å². The van der Waals surface area contributed by atoms with E-state index in [0.29, 0.717) is 23.4 Å². The molecule has 2 N–H and O–H groups in total. The van der Waals surface area contributed by atoms with E-state index in [4.69, 9.17) is 0 Å². The number of ether oxygens (including phenoxy) is 1. The van der Waals surface area contributed by atoms with E-state index in [9.17, 15) is 23.2 Å². The van der Waals surface area contributed by atoms with E-state index in [0.717, 1.165) is 23.5 Å². The maximum atomic E-state index is 12.3. The highest BCUT2D eigenvalue weighted by atomic mass is 19.4. The van der Waals surface area contributed by atoms with E-state index < -0.39 is 6.36 Å². The number of halogens is 3. The predicted molar refractivity (Wildman–Crippen MR) is 88.2 cm³/mol. The number of amides is 1. The van der Waals surface area contributed by atoms with Crippen molar-refractivity contribution >= 4 is 11.6 Å². The Kier molecular flexibility index (Phi) is 5.03. The van der Waals surface area contributed by atoms with Gasteiger partial charge in [-0.25, -0.2) is 0 Å². The SMILES string of the molecule is O=C(NCc1cccc(OC(F)(F)F)c1)c1ccc2c(c1)CCCN2O. The van der Waals surface area contributed by atoms with E-state index in [1.54, 1.807) is 24.3 Å². The van der Waals surface area contributed by atoms with Crippen molar-refractivity contribution in [1.82, 2.24) is 5.32 Å². The molecular weight excluding hydrogens is 349 g/mol. The van der Waals surface area contributed by atoms with Crippen LogP contribution >= 0.6 is 0 Å². The number of nitrogens with zero attached hydrogens (tertiary/aromatic N) is 1. The molecule has 5 nitrogen and oxygen atoms in total. The van der Waals surface area contributed by atoms with Gasteiger partial charge in [0.05, 0.1) is 5.69 Å². The molecule has 0 aromatic heterocycles. The lowest BCUT2D eigenvalue weighted by atomic mass is 10.00. The third-order valence-corrected chi connectivity index (χ3v) is 4.02. The third-order valence-electron chi connectivity index (χ3n) is 4.02. The number of alkyl halides is 3. The Labute approximate surface area is 148 Å². The van der Waals surface area contributed by atoms with Gasteiger partial charge in [-0.05, 0) is 54.3 Å². The minimum atomic E-state index is -4.76. The molecule has 0 aliphatic carbocycles. The molecule has 3 rings (SSSR count). The van der Waals surface area contributed by atoms with Crippen LogP contribution in [0, 0.1) is 0 Å². The number of anilines is 1. The maximum Gasteiger partial charge on any atom is 0.573 e. The summed E-state index contributed by atoms with van der Waals surface area (Å²) in [7, 11) is 0. The third kappa shape index (κ3) is 4.45. The van der Waals surface area contributed by atoms with Crippen LogP contribution < -0.4 is 15.1 Å². The molecule has 8 heteroatoms. The average Bonchev–Trinajstić information content (AvgIpc) is 2.58. The second kappa shape index (κ2) is 7.25. The van der Waals surface area contributed by atoms with Crippen LogP contribution in [0.2, 0.25) is 0 Å². The number of hydrogen-bond donors (Lipinski definition) is 2. The number of benzene rings is 2. The van der Waals surface area contributed by atoms with Crippen molar-refractivity contribution in [2.45, 2.75) is 25.7 Å². The van der Waals surface area contributed by atoms with Crippen LogP contribution in [0.4, 0.5) is 18.9 Å². The normalized spacial score (nSPS) is 13.9. The summed E-state index contributed by atoms with van der Waals surface area (Å²) in [5.74, 6) is -0.675. The van der Waals surface area contributed by atoms with Gasteiger partial charge in [-0.2, -0.15) is 0 Å². The summed E-state index contributed by atoms with van der Waals surface area (Å²) >= 11 is 0. The number of carbonyl (C=O) groups is 1. The number of carbonyl (C=O) groups excluding carboxylic acids is 1. The molecule has 1 amide bonds. The number of nitrogens with one attached hydrogen (secondary N) is 1. The van der Waals surface area contributed by atoms with Gasteiger partial charge in [0, 0.05) is 18.7 Å². The lowest BCUT2D eigenvalue weighted by Gasteiger charge is -2.25. The highest BCUT2D eigenvalue weighted by Crippen LogP contribution is 2.27. The largest absolute Gasteiger partial charge is 0.573 e. The number of rotatable bonds is 4. The minimum absolute atomic E-state index is 0.0666. The van der Waals surface area contributed by atoms with Crippen molar-refractivity contribution in [2.24, 2.45) is 0 Å². The molecule has 0 bridgehead atoms. The Hall–Kier alpha value is -2.74. The van der Waals surface area contributed by atoms with Crippen LogP contribution in [0.5, 0.6) is 5.75 Å². The van der Waals surface area contributed by atoms with Crippen LogP contribution in [-0.4, -0.2) is 24.0 Å². The topological polar surface area (TPSA) is 61.8 Å². The van der Waals surface area contributed by atoms with Gasteiger partial charge < -0.3 is 10.1 Å². The molecule has 0 radical (unpaired) electrons. The number of fused-ring (bicyclic) bond motifs is 1. The summed E-state index contributed by atoms with van der Waals surface area (Å²) in [5, 5.41) is 13.6. The van der Waals surface area contributed by atoms with Crippen LogP contribution in [0.3, 0.4) is 0 Å². The van der Waals surface area contributed by atoms with Crippen LogP contribution in [0.15, 0.2) is 42.5 Å². The summed E-state index contributed by atoms with van der Waals surface area (Å²) in [4.78, 5) is 12.3. The lowest BCUT2D eigenvalue weighted by molar-refractivity contribution is -0.274. The molecule has 1 heterocycles. The summed E-state index contributed by atoms with van der Waals surface area (Å²) in [5.41, 5.74) is 2.48. The fourth-order valence-electron chi connectivity index (χ4n) is 2.86. The first-order valence-corrected chi connectivity index (χ1v) is 8.04. The van der Waals surface area contributed by atoms with Gasteiger partial charge in [0.2, 0.25) is 0 Å². The van der Waals surface area contributed by atoms with Crippen molar-refractivity contribution in [3.05, 3.63) is 59.2 Å². The second-order valence-electron chi connectivity index (χ2n) is 5.95. The van der Waals surface area contributed by atoms with Crippen molar-refractivity contribution in [3.8, 4) is 5.75 Å². The first-order valence-electron chi connectivity index (χ1n) is 8.04. The Morgan fingerprint density at radius 1 is 1.23 bits per heavy atom. The number of aryl methyl sites for hydroxylation is 1. The highest BCUT2D eigenvalue weighted by molar-refractivity contribution is 5.94. The Bertz CT molecular complexity index is 809. The molecule has 0 saturated heterocycles. The molecule has 0 unspecified atom stereocenters. The first-order chi connectivity index (χ1) is 12.3. The molecular formula is C18H17F3N2O3. The van der Waals surface area contributed by atoms with E-state index in [2.05, 4.69) is 10.1 Å². The lowest BCUT2D eigenvalue weighted by Crippen LogP contribution is -2.27. The Morgan fingerprint density at radius 2 is 2.04 bits per heavy atom.